The van der Waals surface area contributed by atoms with Crippen molar-refractivity contribution >= 4 is 17.5 Å². The van der Waals surface area contributed by atoms with Crippen LogP contribution in [0.1, 0.15) is 31.5 Å². The average molecular weight is 223 g/mol. The van der Waals surface area contributed by atoms with Crippen molar-refractivity contribution in [2.45, 2.75) is 44.4 Å². The highest BCUT2D eigenvalue weighted by atomic mass is 32.2. The lowest BCUT2D eigenvalue weighted by Crippen LogP contribution is -2.11. The van der Waals surface area contributed by atoms with E-state index in [-0.39, 0.29) is 11.0 Å². The molecule has 0 fully saturated rings. The van der Waals surface area contributed by atoms with E-state index in [0.717, 1.165) is 10.7 Å². The van der Waals surface area contributed by atoms with Crippen LogP contribution in [0.4, 0.5) is 0 Å². The molecule has 0 aliphatic heterocycles. The summed E-state index contributed by atoms with van der Waals surface area (Å²) in [5, 5.41) is 0.950. The molecule has 1 rings (SSSR count). The molecule has 1 unspecified atom stereocenters. The molecule has 1 aromatic heterocycles. The van der Waals surface area contributed by atoms with Gasteiger partial charge < -0.3 is 0 Å². The highest BCUT2D eigenvalue weighted by molar-refractivity contribution is 8.00. The summed E-state index contributed by atoms with van der Waals surface area (Å²) >= 11 is 1.54. The van der Waals surface area contributed by atoms with Crippen molar-refractivity contribution in [2.24, 2.45) is 0 Å². The Morgan fingerprint density at radius 2 is 2.13 bits per heavy atom. The number of pyridine rings is 1. The molecule has 82 valence electrons. The molecular weight excluding hydrogens is 206 g/mol. The van der Waals surface area contributed by atoms with E-state index < -0.39 is 0 Å². The summed E-state index contributed by atoms with van der Waals surface area (Å²) in [5.74, 6) is 0.279. The summed E-state index contributed by atoms with van der Waals surface area (Å²) in [4.78, 5) is 15.8. The van der Waals surface area contributed by atoms with Gasteiger partial charge in [-0.3, -0.25) is 4.79 Å². The Kier molecular flexibility index (Phi) is 4.33. The number of rotatable bonds is 4. The Bertz CT molecular complexity index is 342. The first kappa shape index (κ1) is 12.2. The molecule has 0 radical (unpaired) electrons. The van der Waals surface area contributed by atoms with Gasteiger partial charge in [0.25, 0.3) is 0 Å². The topological polar surface area (TPSA) is 30.0 Å². The Morgan fingerprint density at radius 3 is 2.67 bits per heavy atom. The molecule has 2 nitrogen and oxygen atoms in total. The number of aromatic nitrogens is 1. The average Bonchev–Trinajstić information content (AvgIpc) is 2.14. The van der Waals surface area contributed by atoms with Gasteiger partial charge in [0, 0.05) is 12.1 Å². The number of carbonyl (C=O) groups is 1. The van der Waals surface area contributed by atoms with Gasteiger partial charge in [-0.05, 0) is 38.5 Å². The maximum absolute atomic E-state index is 11.4. The van der Waals surface area contributed by atoms with Crippen LogP contribution < -0.4 is 0 Å². The number of Topliss-reactive ketones (excluding diaryl/α,β-unsaturated/α-hetero) is 1. The van der Waals surface area contributed by atoms with Gasteiger partial charge in [-0.1, -0.05) is 18.7 Å². The second-order valence-electron chi connectivity index (χ2n) is 3.70. The lowest BCUT2D eigenvalue weighted by molar-refractivity contribution is -0.118. The van der Waals surface area contributed by atoms with E-state index in [0.29, 0.717) is 6.42 Å². The van der Waals surface area contributed by atoms with Crippen LogP contribution >= 0.6 is 11.8 Å². The van der Waals surface area contributed by atoms with Crippen LogP contribution in [0.5, 0.6) is 0 Å². The van der Waals surface area contributed by atoms with Gasteiger partial charge in [0.2, 0.25) is 0 Å². The number of carbonyl (C=O) groups excluding carboxylic acids is 1. The fraction of sp³-hybridized carbons (Fsp3) is 0.500. The Balaban J connectivity index is 2.76. The predicted molar refractivity (Wildman–Crippen MR) is 64.3 cm³/mol. The van der Waals surface area contributed by atoms with Crippen molar-refractivity contribution in [2.75, 3.05) is 0 Å². The van der Waals surface area contributed by atoms with E-state index in [1.165, 1.54) is 5.56 Å². The van der Waals surface area contributed by atoms with Crippen LogP contribution in [-0.4, -0.2) is 16.0 Å². The molecule has 1 atom stereocenters. The molecule has 15 heavy (non-hydrogen) atoms. The standard InChI is InChI=1S/C12H17NOS/c1-5-11(14)10(4)15-12-7-8(2)6-9(3)13-12/h6-7,10H,5H2,1-4H3. The van der Waals surface area contributed by atoms with Crippen molar-refractivity contribution in [1.29, 1.82) is 0 Å². The van der Waals surface area contributed by atoms with Crippen LogP contribution in [0.15, 0.2) is 17.2 Å². The zero-order valence-corrected chi connectivity index (χ0v) is 10.5. The molecule has 0 amide bonds. The first-order valence-corrected chi connectivity index (χ1v) is 6.05. The second-order valence-corrected chi connectivity index (χ2v) is 5.07. The molecule has 0 bridgehead atoms. The lowest BCUT2D eigenvalue weighted by atomic mass is 10.2. The summed E-state index contributed by atoms with van der Waals surface area (Å²) in [5.41, 5.74) is 2.20. The van der Waals surface area contributed by atoms with Gasteiger partial charge in [-0.25, -0.2) is 4.98 Å². The van der Waals surface area contributed by atoms with Gasteiger partial charge in [-0.2, -0.15) is 0 Å². The van der Waals surface area contributed by atoms with E-state index in [4.69, 9.17) is 0 Å². The summed E-state index contributed by atoms with van der Waals surface area (Å²) < 4.78 is 0. The molecule has 0 spiro atoms. The molecule has 0 saturated heterocycles. The Hall–Kier alpha value is -0.830. The van der Waals surface area contributed by atoms with E-state index in [1.54, 1.807) is 11.8 Å². The molecule has 1 heterocycles. The van der Waals surface area contributed by atoms with E-state index in [1.807, 2.05) is 39.8 Å². The zero-order chi connectivity index (χ0) is 11.4. The quantitative estimate of drug-likeness (QED) is 0.734. The summed E-state index contributed by atoms with van der Waals surface area (Å²) in [6.07, 6.45) is 0.596. The van der Waals surface area contributed by atoms with Gasteiger partial charge >= 0.3 is 0 Å². The minimum Gasteiger partial charge on any atom is -0.298 e. The molecule has 3 heteroatoms. The normalized spacial score (nSPS) is 12.5. The molecule has 0 aliphatic rings. The van der Waals surface area contributed by atoms with Gasteiger partial charge in [0.15, 0.2) is 0 Å². The van der Waals surface area contributed by atoms with E-state index in [9.17, 15) is 4.79 Å². The Labute approximate surface area is 95.5 Å². The van der Waals surface area contributed by atoms with Crippen LogP contribution in [0.2, 0.25) is 0 Å². The van der Waals surface area contributed by atoms with Crippen molar-refractivity contribution in [3.63, 3.8) is 0 Å². The monoisotopic (exact) mass is 223 g/mol. The van der Waals surface area contributed by atoms with Gasteiger partial charge in [0.1, 0.15) is 5.78 Å². The van der Waals surface area contributed by atoms with E-state index in [2.05, 4.69) is 4.98 Å². The van der Waals surface area contributed by atoms with Crippen LogP contribution in [0.25, 0.3) is 0 Å². The highest BCUT2D eigenvalue weighted by Crippen LogP contribution is 2.23. The minimum absolute atomic E-state index is 0.00343. The fourth-order valence-corrected chi connectivity index (χ4v) is 2.51. The van der Waals surface area contributed by atoms with Crippen molar-refractivity contribution in [3.05, 3.63) is 23.4 Å². The molecule has 0 aromatic carbocycles. The number of thioether (sulfide) groups is 1. The predicted octanol–water partition coefficient (Wildman–Crippen LogP) is 3.16. The van der Waals surface area contributed by atoms with Crippen molar-refractivity contribution < 1.29 is 4.79 Å². The SMILES string of the molecule is CCC(=O)C(C)Sc1cc(C)cc(C)n1. The third-order valence-electron chi connectivity index (χ3n) is 2.17. The first-order chi connectivity index (χ1) is 7.02. The summed E-state index contributed by atoms with van der Waals surface area (Å²) in [6, 6.07) is 4.06. The zero-order valence-electron chi connectivity index (χ0n) is 9.70. The third-order valence-corrected chi connectivity index (χ3v) is 3.24. The Morgan fingerprint density at radius 1 is 1.47 bits per heavy atom. The number of aryl methyl sites for hydroxylation is 2. The molecule has 1 aromatic rings. The highest BCUT2D eigenvalue weighted by Gasteiger charge is 2.13. The summed E-state index contributed by atoms with van der Waals surface area (Å²) in [7, 11) is 0. The number of hydrogen-bond acceptors (Lipinski definition) is 3. The number of nitrogens with zero attached hydrogens (tertiary/aromatic N) is 1. The molecule has 0 N–H and O–H groups in total. The second kappa shape index (κ2) is 5.31. The minimum atomic E-state index is 0.00343. The fourth-order valence-electron chi connectivity index (χ4n) is 1.40. The van der Waals surface area contributed by atoms with Crippen LogP contribution in [-0.2, 0) is 4.79 Å². The lowest BCUT2D eigenvalue weighted by Gasteiger charge is -2.09. The maximum atomic E-state index is 11.4. The molecular formula is C12H17NOS. The largest absolute Gasteiger partial charge is 0.298 e. The summed E-state index contributed by atoms with van der Waals surface area (Å²) in [6.45, 7) is 7.86. The number of ketones is 1. The maximum Gasteiger partial charge on any atom is 0.145 e. The van der Waals surface area contributed by atoms with E-state index >= 15 is 0 Å². The van der Waals surface area contributed by atoms with Crippen molar-refractivity contribution in [3.8, 4) is 0 Å². The smallest absolute Gasteiger partial charge is 0.145 e. The van der Waals surface area contributed by atoms with Crippen molar-refractivity contribution in [1.82, 2.24) is 4.98 Å². The van der Waals surface area contributed by atoms with Crippen LogP contribution in [0.3, 0.4) is 0 Å². The number of hydrogen-bond donors (Lipinski definition) is 0. The third kappa shape index (κ3) is 3.67. The molecule has 0 saturated carbocycles. The van der Waals surface area contributed by atoms with Crippen LogP contribution in [0, 0.1) is 13.8 Å². The van der Waals surface area contributed by atoms with Gasteiger partial charge in [0.05, 0.1) is 10.3 Å². The molecule has 0 aliphatic carbocycles. The van der Waals surface area contributed by atoms with Gasteiger partial charge in [-0.15, -0.1) is 0 Å². The first-order valence-electron chi connectivity index (χ1n) is 5.17.